The monoisotopic (exact) mass is 267 g/mol. The number of ether oxygens (including phenoxy) is 1. The van der Waals surface area contributed by atoms with Gasteiger partial charge < -0.3 is 20.3 Å². The van der Waals surface area contributed by atoms with Gasteiger partial charge in [-0.1, -0.05) is 0 Å². The molecule has 0 aromatic heterocycles. The summed E-state index contributed by atoms with van der Waals surface area (Å²) >= 11 is 0. The third-order valence-corrected chi connectivity index (χ3v) is 2.81. The number of carbonyl (C=O) groups is 1. The Morgan fingerprint density at radius 1 is 1.32 bits per heavy atom. The van der Waals surface area contributed by atoms with Crippen molar-refractivity contribution in [1.82, 2.24) is 5.32 Å². The Bertz CT molecular complexity index is 400. The first kappa shape index (κ1) is 15.5. The maximum Gasteiger partial charge on any atom is 0.335 e. The van der Waals surface area contributed by atoms with E-state index in [1.165, 1.54) is 12.1 Å². The molecule has 0 bridgehead atoms. The second-order valence-electron chi connectivity index (χ2n) is 4.96. The van der Waals surface area contributed by atoms with Crippen molar-refractivity contribution >= 4 is 5.97 Å². The van der Waals surface area contributed by atoms with Crippen LogP contribution in [0.25, 0.3) is 0 Å². The van der Waals surface area contributed by atoms with Crippen LogP contribution >= 0.6 is 0 Å². The van der Waals surface area contributed by atoms with E-state index in [2.05, 4.69) is 5.32 Å². The van der Waals surface area contributed by atoms with Gasteiger partial charge in [0.1, 0.15) is 12.4 Å². The van der Waals surface area contributed by atoms with E-state index in [-0.39, 0.29) is 17.7 Å². The minimum Gasteiger partial charge on any atom is -0.492 e. The SMILES string of the molecule is CC(C)(CCO)NCCOc1ccc(C(=O)O)cc1. The molecule has 106 valence electrons. The molecule has 19 heavy (non-hydrogen) atoms. The topological polar surface area (TPSA) is 78.8 Å². The quantitative estimate of drug-likeness (QED) is 0.622. The average Bonchev–Trinajstić information content (AvgIpc) is 2.35. The lowest BCUT2D eigenvalue weighted by molar-refractivity contribution is 0.0697. The fourth-order valence-corrected chi connectivity index (χ4v) is 1.62. The zero-order valence-electron chi connectivity index (χ0n) is 11.3. The molecule has 0 heterocycles. The molecule has 1 rings (SSSR count). The van der Waals surface area contributed by atoms with E-state index in [1.54, 1.807) is 12.1 Å². The summed E-state index contributed by atoms with van der Waals surface area (Å²) < 4.78 is 5.50. The second-order valence-corrected chi connectivity index (χ2v) is 4.96. The summed E-state index contributed by atoms with van der Waals surface area (Å²) in [5, 5.41) is 20.9. The highest BCUT2D eigenvalue weighted by Crippen LogP contribution is 2.12. The number of aromatic carboxylic acids is 1. The van der Waals surface area contributed by atoms with Crippen LogP contribution in [0, 0.1) is 0 Å². The smallest absolute Gasteiger partial charge is 0.335 e. The van der Waals surface area contributed by atoms with Crippen molar-refractivity contribution in [1.29, 1.82) is 0 Å². The number of carboxylic acids is 1. The molecule has 1 aromatic carbocycles. The zero-order chi connectivity index (χ0) is 14.3. The number of nitrogens with one attached hydrogen (secondary N) is 1. The number of aliphatic hydroxyl groups excluding tert-OH is 1. The van der Waals surface area contributed by atoms with Gasteiger partial charge >= 0.3 is 5.97 Å². The number of carboxylic acid groups (broad SMARTS) is 1. The predicted octanol–water partition coefficient (Wildman–Crippen LogP) is 1.51. The normalized spacial score (nSPS) is 11.3. The molecule has 0 radical (unpaired) electrons. The number of hydrogen-bond acceptors (Lipinski definition) is 4. The molecule has 5 nitrogen and oxygen atoms in total. The van der Waals surface area contributed by atoms with E-state index in [1.807, 2.05) is 13.8 Å². The molecule has 0 aliphatic rings. The van der Waals surface area contributed by atoms with Crippen molar-refractivity contribution in [3.8, 4) is 5.75 Å². The molecular formula is C14H21NO4. The van der Waals surface area contributed by atoms with Crippen molar-refractivity contribution < 1.29 is 19.7 Å². The number of benzene rings is 1. The maximum atomic E-state index is 10.7. The first-order chi connectivity index (χ1) is 8.94. The molecule has 0 atom stereocenters. The first-order valence-corrected chi connectivity index (χ1v) is 6.27. The van der Waals surface area contributed by atoms with Gasteiger partial charge in [0.05, 0.1) is 5.56 Å². The lowest BCUT2D eigenvalue weighted by Crippen LogP contribution is -2.42. The minimum atomic E-state index is -0.945. The summed E-state index contributed by atoms with van der Waals surface area (Å²) in [5.74, 6) is -0.300. The second kappa shape index (κ2) is 7.11. The number of rotatable bonds is 8. The molecule has 0 amide bonds. The van der Waals surface area contributed by atoms with Gasteiger partial charge in [-0.15, -0.1) is 0 Å². The molecule has 5 heteroatoms. The lowest BCUT2D eigenvalue weighted by Gasteiger charge is -2.25. The standard InChI is InChI=1S/C14H21NO4/c1-14(2,7-9-16)15-8-10-19-12-5-3-11(4-6-12)13(17)18/h3-6,15-16H,7-10H2,1-2H3,(H,17,18). The Kier molecular flexibility index (Phi) is 5.79. The van der Waals surface area contributed by atoms with Crippen LogP contribution < -0.4 is 10.1 Å². The van der Waals surface area contributed by atoms with Crippen LogP contribution in [-0.2, 0) is 0 Å². The third-order valence-electron chi connectivity index (χ3n) is 2.81. The van der Waals surface area contributed by atoms with Crippen LogP contribution in [0.5, 0.6) is 5.75 Å². The predicted molar refractivity (Wildman–Crippen MR) is 72.7 cm³/mol. The first-order valence-electron chi connectivity index (χ1n) is 6.27. The Morgan fingerprint density at radius 3 is 2.47 bits per heavy atom. The number of aliphatic hydroxyl groups is 1. The maximum absolute atomic E-state index is 10.7. The molecule has 0 saturated heterocycles. The van der Waals surface area contributed by atoms with Gasteiger partial charge in [0.15, 0.2) is 0 Å². The van der Waals surface area contributed by atoms with Gasteiger partial charge in [-0.2, -0.15) is 0 Å². The fourth-order valence-electron chi connectivity index (χ4n) is 1.62. The Hall–Kier alpha value is -1.59. The largest absolute Gasteiger partial charge is 0.492 e. The van der Waals surface area contributed by atoms with Gasteiger partial charge in [-0.05, 0) is 44.5 Å². The highest BCUT2D eigenvalue weighted by Gasteiger charge is 2.15. The van der Waals surface area contributed by atoms with E-state index >= 15 is 0 Å². The van der Waals surface area contributed by atoms with E-state index in [0.717, 1.165) is 0 Å². The molecule has 3 N–H and O–H groups in total. The highest BCUT2D eigenvalue weighted by atomic mass is 16.5. The highest BCUT2D eigenvalue weighted by molar-refractivity contribution is 5.87. The molecule has 1 aromatic rings. The summed E-state index contributed by atoms with van der Waals surface area (Å²) in [6.07, 6.45) is 0.681. The van der Waals surface area contributed by atoms with E-state index in [0.29, 0.717) is 25.3 Å². The zero-order valence-corrected chi connectivity index (χ0v) is 11.3. The van der Waals surface area contributed by atoms with Crippen molar-refractivity contribution in [2.75, 3.05) is 19.8 Å². The molecular weight excluding hydrogens is 246 g/mol. The van der Waals surface area contributed by atoms with Gasteiger partial charge in [0.2, 0.25) is 0 Å². The van der Waals surface area contributed by atoms with Crippen molar-refractivity contribution in [2.45, 2.75) is 25.8 Å². The van der Waals surface area contributed by atoms with Crippen LogP contribution in [0.4, 0.5) is 0 Å². The van der Waals surface area contributed by atoms with Crippen LogP contribution in [-0.4, -0.2) is 41.5 Å². The molecule has 0 unspecified atom stereocenters. The van der Waals surface area contributed by atoms with Crippen LogP contribution in [0.15, 0.2) is 24.3 Å². The Morgan fingerprint density at radius 2 is 1.95 bits per heavy atom. The van der Waals surface area contributed by atoms with Crippen molar-refractivity contribution in [3.05, 3.63) is 29.8 Å². The van der Waals surface area contributed by atoms with Crippen molar-refractivity contribution in [2.24, 2.45) is 0 Å². The van der Waals surface area contributed by atoms with Crippen LogP contribution in [0.3, 0.4) is 0 Å². The van der Waals surface area contributed by atoms with E-state index in [4.69, 9.17) is 14.9 Å². The minimum absolute atomic E-state index is 0.120. The van der Waals surface area contributed by atoms with E-state index < -0.39 is 5.97 Å². The average molecular weight is 267 g/mol. The fraction of sp³-hybridized carbons (Fsp3) is 0.500. The summed E-state index contributed by atoms with van der Waals surface area (Å²) in [6.45, 7) is 5.34. The summed E-state index contributed by atoms with van der Waals surface area (Å²) in [4.78, 5) is 10.7. The van der Waals surface area contributed by atoms with Crippen LogP contribution in [0.1, 0.15) is 30.6 Å². The van der Waals surface area contributed by atoms with Gasteiger partial charge in [-0.3, -0.25) is 0 Å². The molecule has 0 saturated carbocycles. The van der Waals surface area contributed by atoms with Gasteiger partial charge in [-0.25, -0.2) is 4.79 Å². The molecule has 0 aliphatic carbocycles. The van der Waals surface area contributed by atoms with Crippen LogP contribution in [0.2, 0.25) is 0 Å². The molecule has 0 aliphatic heterocycles. The summed E-state index contributed by atoms with van der Waals surface area (Å²) in [6, 6.07) is 6.31. The molecule has 0 fully saturated rings. The lowest BCUT2D eigenvalue weighted by atomic mass is 10.0. The van der Waals surface area contributed by atoms with Gasteiger partial charge in [0.25, 0.3) is 0 Å². The van der Waals surface area contributed by atoms with Gasteiger partial charge in [0, 0.05) is 18.7 Å². The number of hydrogen-bond donors (Lipinski definition) is 3. The van der Waals surface area contributed by atoms with Crippen molar-refractivity contribution in [3.63, 3.8) is 0 Å². The summed E-state index contributed by atoms with van der Waals surface area (Å²) in [5.41, 5.74) is 0.125. The third kappa shape index (κ3) is 5.72. The van der Waals surface area contributed by atoms with E-state index in [9.17, 15) is 4.79 Å². The Balaban J connectivity index is 2.31. The Labute approximate surface area is 113 Å². The summed E-state index contributed by atoms with van der Waals surface area (Å²) in [7, 11) is 0. The molecule has 0 spiro atoms.